The number of rotatable bonds is 9. The quantitative estimate of drug-likeness (QED) is 0.342. The molecule has 1 aliphatic rings. The Morgan fingerprint density at radius 3 is 2.44 bits per heavy atom. The number of nitrogens with two attached hydrogens (primary N) is 1. The van der Waals surface area contributed by atoms with Crippen LogP contribution in [-0.4, -0.2) is 31.3 Å². The molecule has 0 aromatic heterocycles. The number of benzene rings is 2. The van der Waals surface area contributed by atoms with Crippen molar-refractivity contribution < 1.29 is 4.39 Å². The highest BCUT2D eigenvalue weighted by Crippen LogP contribution is 2.32. The van der Waals surface area contributed by atoms with Crippen molar-refractivity contribution in [1.29, 1.82) is 0 Å². The Kier molecular flexibility index (Phi) is 8.43. The molecule has 5 heteroatoms. The molecule has 1 heterocycles. The topological polar surface area (TPSA) is 41.6 Å². The van der Waals surface area contributed by atoms with Gasteiger partial charge >= 0.3 is 0 Å². The van der Waals surface area contributed by atoms with Crippen LogP contribution in [0.1, 0.15) is 48.8 Å². The maximum absolute atomic E-state index is 14.3. The van der Waals surface area contributed by atoms with Crippen molar-refractivity contribution in [1.82, 2.24) is 4.90 Å². The largest absolute Gasteiger partial charge is 0.372 e. The van der Waals surface area contributed by atoms with Crippen LogP contribution >= 0.6 is 11.6 Å². The summed E-state index contributed by atoms with van der Waals surface area (Å²) in [5, 5.41) is 0.436. The molecule has 2 aromatic rings. The minimum Gasteiger partial charge on any atom is -0.372 e. The highest BCUT2D eigenvalue weighted by Gasteiger charge is 2.17. The lowest BCUT2D eigenvalue weighted by atomic mass is 9.91. The third-order valence-electron chi connectivity index (χ3n) is 5.95. The Hall–Kier alpha value is -2.69. The van der Waals surface area contributed by atoms with Gasteiger partial charge in [0.15, 0.2) is 0 Å². The van der Waals surface area contributed by atoms with Crippen molar-refractivity contribution in [2.45, 2.75) is 32.1 Å². The van der Waals surface area contributed by atoms with Gasteiger partial charge in [0.05, 0.1) is 0 Å². The molecule has 32 heavy (non-hydrogen) atoms. The molecule has 2 aromatic carbocycles. The van der Waals surface area contributed by atoms with Crippen LogP contribution in [0.15, 0.2) is 71.9 Å². The van der Waals surface area contributed by atoms with E-state index in [2.05, 4.69) is 47.5 Å². The Labute approximate surface area is 195 Å². The van der Waals surface area contributed by atoms with Crippen LogP contribution in [0.3, 0.4) is 0 Å². The molecule has 1 fully saturated rings. The first-order valence-electron chi connectivity index (χ1n) is 11.0. The molecule has 0 radical (unpaired) electrons. The van der Waals surface area contributed by atoms with Crippen molar-refractivity contribution in [3.05, 3.63) is 94.4 Å². The summed E-state index contributed by atoms with van der Waals surface area (Å²) < 4.78 is 14.3. The van der Waals surface area contributed by atoms with Gasteiger partial charge in [0.2, 0.25) is 0 Å². The molecule has 0 saturated carbocycles. The van der Waals surface area contributed by atoms with Crippen molar-refractivity contribution in [2.24, 2.45) is 10.7 Å². The summed E-state index contributed by atoms with van der Waals surface area (Å²) in [5.74, 6) is -0.402. The monoisotopic (exact) mass is 451 g/mol. The molecule has 0 spiro atoms. The number of likely N-dealkylation sites (tertiary alicyclic amines) is 1. The zero-order valence-corrected chi connectivity index (χ0v) is 19.4. The summed E-state index contributed by atoms with van der Waals surface area (Å²) in [6.45, 7) is 12.3. The van der Waals surface area contributed by atoms with Gasteiger partial charge in [-0.25, -0.2) is 4.39 Å². The van der Waals surface area contributed by atoms with E-state index in [4.69, 9.17) is 17.3 Å². The van der Waals surface area contributed by atoms with Gasteiger partial charge in [0.25, 0.3) is 0 Å². The lowest BCUT2D eigenvalue weighted by Gasteiger charge is -2.20. The van der Waals surface area contributed by atoms with E-state index in [1.165, 1.54) is 18.9 Å². The van der Waals surface area contributed by atoms with Gasteiger partial charge in [-0.1, -0.05) is 67.1 Å². The lowest BCUT2D eigenvalue weighted by Crippen LogP contribution is -2.16. The highest BCUT2D eigenvalue weighted by atomic mass is 35.5. The summed E-state index contributed by atoms with van der Waals surface area (Å²) in [6, 6.07) is 13.1. The Bertz CT molecular complexity index is 997. The molecular formula is C27H31ClFN3. The van der Waals surface area contributed by atoms with Crippen LogP contribution in [-0.2, 0) is 0 Å². The lowest BCUT2D eigenvalue weighted by molar-refractivity contribution is 0.494. The Morgan fingerprint density at radius 2 is 1.84 bits per heavy atom. The van der Waals surface area contributed by atoms with E-state index < -0.39 is 0 Å². The number of aliphatic imine (C=N–C) groups is 1. The molecule has 1 unspecified atom stereocenters. The fourth-order valence-electron chi connectivity index (χ4n) is 4.22. The summed E-state index contributed by atoms with van der Waals surface area (Å²) in [6.07, 6.45) is 6.77. The molecule has 1 saturated heterocycles. The molecule has 0 bridgehead atoms. The fraction of sp³-hybridized carbons (Fsp3) is 0.296. The first-order valence-corrected chi connectivity index (χ1v) is 11.4. The van der Waals surface area contributed by atoms with Gasteiger partial charge in [0, 0.05) is 42.1 Å². The van der Waals surface area contributed by atoms with Crippen LogP contribution in [0, 0.1) is 5.82 Å². The molecule has 2 N–H and O–H groups in total. The molecular weight excluding hydrogens is 421 g/mol. The number of halogens is 2. The van der Waals surface area contributed by atoms with Gasteiger partial charge in [0.1, 0.15) is 5.82 Å². The molecule has 168 valence electrons. The van der Waals surface area contributed by atoms with Crippen LogP contribution in [0.2, 0.25) is 5.02 Å². The molecule has 3 nitrogen and oxygen atoms in total. The second-order valence-electron chi connectivity index (χ2n) is 8.23. The maximum atomic E-state index is 14.3. The van der Waals surface area contributed by atoms with Gasteiger partial charge in [-0.05, 0) is 60.7 Å². The first-order chi connectivity index (χ1) is 15.4. The van der Waals surface area contributed by atoms with E-state index in [1.54, 1.807) is 18.3 Å². The SMILES string of the molecule is C=N/C=C(\C=C(/CN)CC(C)c1c(F)cccc1Cl)c1ccc(C(=C)N2CCCC2)cc1. The predicted molar refractivity (Wildman–Crippen MR) is 135 cm³/mol. The van der Waals surface area contributed by atoms with Crippen molar-refractivity contribution in [3.8, 4) is 0 Å². The molecule has 1 atom stereocenters. The zero-order valence-electron chi connectivity index (χ0n) is 18.7. The van der Waals surface area contributed by atoms with Crippen molar-refractivity contribution >= 4 is 29.6 Å². The van der Waals surface area contributed by atoms with E-state index in [0.29, 0.717) is 23.6 Å². The molecule has 0 aliphatic carbocycles. The van der Waals surface area contributed by atoms with Crippen LogP contribution < -0.4 is 5.73 Å². The van der Waals surface area contributed by atoms with E-state index in [0.717, 1.165) is 41.1 Å². The smallest absolute Gasteiger partial charge is 0.128 e. The summed E-state index contributed by atoms with van der Waals surface area (Å²) >= 11 is 6.25. The van der Waals surface area contributed by atoms with E-state index in [1.807, 2.05) is 13.0 Å². The van der Waals surface area contributed by atoms with Gasteiger partial charge < -0.3 is 10.6 Å². The predicted octanol–water partition coefficient (Wildman–Crippen LogP) is 6.67. The van der Waals surface area contributed by atoms with Gasteiger partial charge in [-0.3, -0.25) is 4.99 Å². The minimum atomic E-state index is -0.293. The average molecular weight is 452 g/mol. The Morgan fingerprint density at radius 1 is 1.19 bits per heavy atom. The zero-order chi connectivity index (χ0) is 23.1. The average Bonchev–Trinajstić information content (AvgIpc) is 3.32. The van der Waals surface area contributed by atoms with Crippen LogP contribution in [0.4, 0.5) is 4.39 Å². The van der Waals surface area contributed by atoms with E-state index >= 15 is 0 Å². The van der Waals surface area contributed by atoms with E-state index in [-0.39, 0.29) is 11.7 Å². The van der Waals surface area contributed by atoms with Crippen molar-refractivity contribution in [2.75, 3.05) is 19.6 Å². The third-order valence-corrected chi connectivity index (χ3v) is 6.28. The van der Waals surface area contributed by atoms with Crippen LogP contribution in [0.25, 0.3) is 11.3 Å². The summed E-state index contributed by atoms with van der Waals surface area (Å²) in [5.41, 5.74) is 11.7. The summed E-state index contributed by atoms with van der Waals surface area (Å²) in [4.78, 5) is 6.31. The summed E-state index contributed by atoms with van der Waals surface area (Å²) in [7, 11) is 0. The normalized spacial score (nSPS) is 15.7. The molecule has 1 aliphatic heterocycles. The minimum absolute atomic E-state index is 0.109. The van der Waals surface area contributed by atoms with Gasteiger partial charge in [-0.15, -0.1) is 0 Å². The number of nitrogens with zero attached hydrogens (tertiary/aromatic N) is 2. The number of hydrogen-bond acceptors (Lipinski definition) is 3. The third kappa shape index (κ3) is 5.76. The second-order valence-corrected chi connectivity index (χ2v) is 8.64. The second kappa shape index (κ2) is 11.3. The first kappa shape index (κ1) is 24.0. The fourth-order valence-corrected chi connectivity index (χ4v) is 4.57. The molecule has 0 amide bonds. The molecule has 3 rings (SSSR count). The number of allylic oxidation sites excluding steroid dienone is 2. The van der Waals surface area contributed by atoms with Crippen LogP contribution in [0.5, 0.6) is 0 Å². The highest BCUT2D eigenvalue weighted by molar-refractivity contribution is 6.31. The maximum Gasteiger partial charge on any atom is 0.128 e. The standard InChI is InChI=1S/C27H31ClFN3/c1-19(27-25(28)7-6-8-26(27)29)15-21(17-30)16-24(18-31-3)23-11-9-22(10-12-23)20(2)32-13-4-5-14-32/h6-12,16,18-19H,2-5,13-15,17,30H2,1H3/b21-16-,24-18+. The van der Waals surface area contributed by atoms with Crippen molar-refractivity contribution in [3.63, 3.8) is 0 Å². The Balaban J connectivity index is 1.81. The van der Waals surface area contributed by atoms with E-state index in [9.17, 15) is 4.39 Å². The van der Waals surface area contributed by atoms with Gasteiger partial charge in [-0.2, -0.15) is 0 Å². The number of hydrogen-bond donors (Lipinski definition) is 1.